The van der Waals surface area contributed by atoms with E-state index in [0.717, 1.165) is 18.6 Å². The highest BCUT2D eigenvalue weighted by Gasteiger charge is 2.37. The number of aromatic nitrogens is 1. The van der Waals surface area contributed by atoms with Gasteiger partial charge in [-0.15, -0.1) is 0 Å². The topological polar surface area (TPSA) is 145 Å². The molecule has 0 radical (unpaired) electrons. The fraction of sp³-hybridized carbons (Fsp3) is 0.292. The van der Waals surface area contributed by atoms with Crippen molar-refractivity contribution in [3.8, 4) is 11.5 Å². The fourth-order valence-electron chi connectivity index (χ4n) is 4.00. The highest BCUT2D eigenvalue weighted by molar-refractivity contribution is 7.66. The molecule has 202 valence electrons. The number of benzene rings is 2. The zero-order valence-corrected chi connectivity index (χ0v) is 21.2. The van der Waals surface area contributed by atoms with Gasteiger partial charge >= 0.3 is 13.7 Å². The van der Waals surface area contributed by atoms with E-state index in [0.29, 0.717) is 0 Å². The number of hydrogen-bond acceptors (Lipinski definition) is 7. The molecule has 0 saturated heterocycles. The Bertz CT molecular complexity index is 1550. The normalized spacial score (nSPS) is 17.9. The Hall–Kier alpha value is -3.83. The van der Waals surface area contributed by atoms with E-state index in [9.17, 15) is 32.4 Å². The Kier molecular flexibility index (Phi) is 7.26. The van der Waals surface area contributed by atoms with E-state index in [4.69, 9.17) is 15.0 Å². The van der Waals surface area contributed by atoms with Crippen molar-refractivity contribution < 1.29 is 36.9 Å². The number of nitrogens with zero attached hydrogens (tertiary/aromatic N) is 2. The van der Waals surface area contributed by atoms with Crippen molar-refractivity contribution in [1.82, 2.24) is 4.57 Å². The summed E-state index contributed by atoms with van der Waals surface area (Å²) in [7, 11) is -2.88. The maximum absolute atomic E-state index is 13.7. The Labute approximate surface area is 214 Å². The van der Waals surface area contributed by atoms with Crippen LogP contribution in [0.1, 0.15) is 18.9 Å². The first-order valence-electron chi connectivity index (χ1n) is 11.4. The molecular weight excluding hydrogens is 528 g/mol. The highest BCUT2D eigenvalue weighted by atomic mass is 31.2. The van der Waals surface area contributed by atoms with E-state index in [1.165, 1.54) is 30.3 Å². The predicted octanol–water partition coefficient (Wildman–Crippen LogP) is 3.50. The molecule has 0 saturated carbocycles. The number of alkyl halides is 3. The van der Waals surface area contributed by atoms with Crippen molar-refractivity contribution in [2.24, 2.45) is 16.4 Å². The number of halogens is 3. The van der Waals surface area contributed by atoms with Gasteiger partial charge in [0.25, 0.3) is 11.5 Å². The van der Waals surface area contributed by atoms with Crippen LogP contribution in [-0.4, -0.2) is 41.3 Å². The number of aryl methyl sites for hydroxylation is 1. The number of nitrogens with one attached hydrogen (secondary N) is 1. The average molecular weight is 552 g/mol. The molecule has 4 N–H and O–H groups in total. The second kappa shape index (κ2) is 10.1. The molecule has 4 rings (SSSR count). The van der Waals surface area contributed by atoms with Gasteiger partial charge in [0.2, 0.25) is 0 Å². The maximum Gasteiger partial charge on any atom is 0.391 e. The van der Waals surface area contributed by atoms with Gasteiger partial charge in [-0.25, -0.2) is 0 Å². The lowest BCUT2D eigenvalue weighted by Gasteiger charge is -2.25. The molecule has 0 spiro atoms. The second-order valence-corrected chi connectivity index (χ2v) is 10.7. The minimum absolute atomic E-state index is 0.0744. The van der Waals surface area contributed by atoms with Crippen molar-refractivity contribution >= 4 is 41.2 Å². The van der Waals surface area contributed by atoms with Gasteiger partial charge in [-0.3, -0.25) is 14.2 Å². The third-order valence-corrected chi connectivity index (χ3v) is 8.05. The lowest BCUT2D eigenvalue weighted by Crippen LogP contribution is -2.34. The number of primary amides is 1. The van der Waals surface area contributed by atoms with Gasteiger partial charge in [-0.05, 0) is 36.8 Å². The van der Waals surface area contributed by atoms with Crippen molar-refractivity contribution in [3.05, 3.63) is 58.4 Å². The fourth-order valence-corrected chi connectivity index (χ4v) is 5.52. The summed E-state index contributed by atoms with van der Waals surface area (Å²) in [4.78, 5) is 24.6. The van der Waals surface area contributed by atoms with Gasteiger partial charge in [0.1, 0.15) is 17.1 Å². The third kappa shape index (κ3) is 5.11. The first-order valence-corrected chi connectivity index (χ1v) is 12.9. The number of nitrogens with two attached hydrogens (primary N) is 1. The van der Waals surface area contributed by atoms with Crippen LogP contribution in [0.4, 0.5) is 18.9 Å². The molecule has 1 amide bonds. The Balaban J connectivity index is 1.84. The van der Waals surface area contributed by atoms with Crippen LogP contribution in [0.3, 0.4) is 0 Å². The molecule has 38 heavy (non-hydrogen) atoms. The monoisotopic (exact) mass is 552 g/mol. The molecule has 2 heterocycles. The minimum atomic E-state index is -4.44. The van der Waals surface area contributed by atoms with E-state index in [1.54, 1.807) is 12.1 Å². The SMILES string of the molecule is COP1(=O)N=C(c2c(O)c3ccccc3n(CCC(C)C(F)(F)F)c2=O)Nc2ccc(OCC(N)=O)cc21. The van der Waals surface area contributed by atoms with Gasteiger partial charge in [0.05, 0.1) is 22.4 Å². The molecule has 2 unspecified atom stereocenters. The third-order valence-electron chi connectivity index (χ3n) is 6.11. The lowest BCUT2D eigenvalue weighted by molar-refractivity contribution is -0.171. The van der Waals surface area contributed by atoms with Crippen LogP contribution in [0.2, 0.25) is 0 Å². The Morgan fingerprint density at radius 1 is 1.26 bits per heavy atom. The zero-order chi connectivity index (χ0) is 27.8. The summed E-state index contributed by atoms with van der Waals surface area (Å²) in [5, 5.41) is 14.2. The standard InChI is InChI=1S/C24H24F3N4O6P/c1-13(24(25,26)27)9-10-31-17-6-4-3-5-15(17)21(33)20(23(31)34)22-29-16-8-7-14(37-12-19(28)32)11-18(16)38(35,30-22)36-2/h3-8,11,13,33H,9-10,12H2,1-2H3,(H2,28,32)(H,29,30,35). The number of hydrogen-bond donors (Lipinski definition) is 3. The Morgan fingerprint density at radius 3 is 2.63 bits per heavy atom. The van der Waals surface area contributed by atoms with E-state index in [-0.39, 0.29) is 52.0 Å². The average Bonchev–Trinajstić information content (AvgIpc) is 2.87. The number of aromatic hydroxyl groups is 1. The summed E-state index contributed by atoms with van der Waals surface area (Å²) < 4.78 is 68.9. The number of amides is 1. The molecule has 0 bridgehead atoms. The van der Waals surface area contributed by atoms with Gasteiger partial charge < -0.3 is 30.0 Å². The molecule has 1 aliphatic heterocycles. The maximum atomic E-state index is 13.7. The number of carbonyl (C=O) groups is 1. The summed E-state index contributed by atoms with van der Waals surface area (Å²) >= 11 is 0. The van der Waals surface area contributed by atoms with E-state index < -0.39 is 43.4 Å². The highest BCUT2D eigenvalue weighted by Crippen LogP contribution is 2.52. The van der Waals surface area contributed by atoms with Crippen LogP contribution in [0.15, 0.2) is 52.0 Å². The molecule has 2 atom stereocenters. The van der Waals surface area contributed by atoms with Gasteiger partial charge in [-0.2, -0.15) is 17.9 Å². The zero-order valence-electron chi connectivity index (χ0n) is 20.3. The number of carbonyl (C=O) groups excluding carboxylic acids is 1. The van der Waals surface area contributed by atoms with Gasteiger partial charge in [0.15, 0.2) is 12.4 Å². The molecule has 0 aliphatic carbocycles. The van der Waals surface area contributed by atoms with Crippen LogP contribution >= 0.6 is 7.52 Å². The smallest absolute Gasteiger partial charge is 0.391 e. The first kappa shape index (κ1) is 27.2. The van der Waals surface area contributed by atoms with Crippen LogP contribution in [0, 0.1) is 5.92 Å². The summed E-state index contributed by atoms with van der Waals surface area (Å²) in [6.07, 6.45) is -4.83. The molecule has 10 nitrogen and oxygen atoms in total. The number of ether oxygens (including phenoxy) is 1. The molecule has 14 heteroatoms. The first-order chi connectivity index (χ1) is 17.9. The molecular formula is C24H24F3N4O6P. The number of anilines is 1. The second-order valence-electron chi connectivity index (χ2n) is 8.64. The number of rotatable bonds is 8. The summed E-state index contributed by atoms with van der Waals surface area (Å²) in [5.41, 5.74) is 4.34. The van der Waals surface area contributed by atoms with Crippen LogP contribution in [0.5, 0.6) is 11.5 Å². The molecule has 1 aromatic heterocycles. The summed E-state index contributed by atoms with van der Waals surface area (Å²) in [5.74, 6) is -3.00. The van der Waals surface area contributed by atoms with Crippen molar-refractivity contribution in [1.29, 1.82) is 0 Å². The van der Waals surface area contributed by atoms with Gasteiger partial charge in [-0.1, -0.05) is 19.1 Å². The van der Waals surface area contributed by atoms with E-state index >= 15 is 0 Å². The van der Waals surface area contributed by atoms with Crippen molar-refractivity contribution in [2.45, 2.75) is 26.1 Å². The lowest BCUT2D eigenvalue weighted by atomic mass is 10.1. The van der Waals surface area contributed by atoms with Crippen molar-refractivity contribution in [2.75, 3.05) is 19.0 Å². The molecule has 0 fully saturated rings. The number of para-hydroxylation sites is 1. The quantitative estimate of drug-likeness (QED) is 0.363. The minimum Gasteiger partial charge on any atom is -0.506 e. The van der Waals surface area contributed by atoms with Crippen LogP contribution in [0.25, 0.3) is 10.9 Å². The molecule has 1 aliphatic rings. The molecule has 2 aromatic carbocycles. The van der Waals surface area contributed by atoms with E-state index in [1.807, 2.05) is 0 Å². The van der Waals surface area contributed by atoms with Gasteiger partial charge in [0, 0.05) is 19.0 Å². The molecule has 3 aromatic rings. The largest absolute Gasteiger partial charge is 0.506 e. The predicted molar refractivity (Wildman–Crippen MR) is 135 cm³/mol. The summed E-state index contributed by atoms with van der Waals surface area (Å²) in [6.45, 7) is 0.309. The van der Waals surface area contributed by atoms with Crippen LogP contribution in [-0.2, 0) is 20.4 Å². The number of amidine groups is 1. The Morgan fingerprint density at radius 2 is 1.97 bits per heavy atom. The number of fused-ring (bicyclic) bond motifs is 2. The van der Waals surface area contributed by atoms with Crippen LogP contribution < -0.4 is 26.7 Å². The summed E-state index contributed by atoms with van der Waals surface area (Å²) in [6, 6.07) is 10.5. The number of pyridine rings is 1. The van der Waals surface area contributed by atoms with Crippen molar-refractivity contribution in [3.63, 3.8) is 0 Å². The van der Waals surface area contributed by atoms with E-state index in [2.05, 4.69) is 10.1 Å².